The molecule has 1 N–H and O–H groups in total. The Morgan fingerprint density at radius 2 is 1.95 bits per heavy atom. The number of hydrogen-bond donors (Lipinski definition) is 1. The molecule has 0 spiro atoms. The predicted octanol–water partition coefficient (Wildman–Crippen LogP) is 3.82. The largest absolute Gasteiger partial charge is 0.459 e. The molecule has 0 unspecified atom stereocenters. The fraction of sp³-hybridized carbons (Fsp3) is 0.526. The third-order valence-corrected chi connectivity index (χ3v) is 4.50. The zero-order valence-electron chi connectivity index (χ0n) is 13.7. The number of carbonyl (C=O) groups is 1. The average Bonchev–Trinajstić information content (AvgIpc) is 2.47. The third kappa shape index (κ3) is 4.44. The number of rotatable bonds is 4. The Morgan fingerprint density at radius 1 is 1.27 bits per heavy atom. The smallest absolute Gasteiger partial charge is 0.331 e. The Kier molecular flexibility index (Phi) is 5.78. The molecule has 0 bridgehead atoms. The molecule has 3 heteroatoms. The van der Waals surface area contributed by atoms with E-state index in [0.717, 1.165) is 24.0 Å². The minimum absolute atomic E-state index is 0.184. The molecule has 0 aromatic heterocycles. The number of esters is 1. The first-order chi connectivity index (χ1) is 10.5. The summed E-state index contributed by atoms with van der Waals surface area (Å²) in [5, 5.41) is 9.85. The summed E-state index contributed by atoms with van der Waals surface area (Å²) in [4.78, 5) is 12.2. The Hall–Kier alpha value is -1.61. The Balaban J connectivity index is 2.03. The molecule has 0 saturated heterocycles. The van der Waals surface area contributed by atoms with Crippen molar-refractivity contribution in [2.75, 3.05) is 0 Å². The average molecular weight is 302 g/mol. The SMILES string of the molecule is C/C(=C\C(=O)O[C@@H]1C[C@H](O)CC[C@H]1C(C)C)c1ccccc1. The normalized spacial score (nSPS) is 26.0. The molecule has 1 saturated carbocycles. The first kappa shape index (κ1) is 16.8. The molecule has 2 rings (SSSR count). The van der Waals surface area contributed by atoms with Gasteiger partial charge >= 0.3 is 5.97 Å². The van der Waals surface area contributed by atoms with E-state index >= 15 is 0 Å². The second-order valence-corrected chi connectivity index (χ2v) is 6.54. The zero-order chi connectivity index (χ0) is 16.1. The molecule has 0 aliphatic heterocycles. The first-order valence-corrected chi connectivity index (χ1v) is 8.09. The molecule has 1 aromatic rings. The van der Waals surface area contributed by atoms with Gasteiger partial charge in [-0.1, -0.05) is 44.2 Å². The van der Waals surface area contributed by atoms with E-state index in [0.29, 0.717) is 18.3 Å². The molecular weight excluding hydrogens is 276 g/mol. The Bertz CT molecular complexity index is 519. The lowest BCUT2D eigenvalue weighted by Gasteiger charge is -2.35. The van der Waals surface area contributed by atoms with E-state index in [1.807, 2.05) is 37.3 Å². The van der Waals surface area contributed by atoms with Crippen LogP contribution in [0.2, 0.25) is 0 Å². The van der Waals surface area contributed by atoms with Crippen LogP contribution < -0.4 is 0 Å². The van der Waals surface area contributed by atoms with Gasteiger partial charge in [-0.2, -0.15) is 0 Å². The fourth-order valence-electron chi connectivity index (χ4n) is 3.17. The maximum absolute atomic E-state index is 12.2. The van der Waals surface area contributed by atoms with Gasteiger partial charge in [0.25, 0.3) is 0 Å². The molecular formula is C19H26O3. The van der Waals surface area contributed by atoms with Gasteiger partial charge in [-0.05, 0) is 42.7 Å². The third-order valence-electron chi connectivity index (χ3n) is 4.50. The highest BCUT2D eigenvalue weighted by Crippen LogP contribution is 2.32. The Labute approximate surface area is 133 Å². The van der Waals surface area contributed by atoms with E-state index in [1.165, 1.54) is 0 Å². The van der Waals surface area contributed by atoms with Gasteiger partial charge in [0.2, 0.25) is 0 Å². The van der Waals surface area contributed by atoms with Crippen LogP contribution in [-0.2, 0) is 9.53 Å². The summed E-state index contributed by atoms with van der Waals surface area (Å²) in [6.07, 6.45) is 3.28. The molecule has 1 fully saturated rings. The van der Waals surface area contributed by atoms with Gasteiger partial charge in [0, 0.05) is 12.5 Å². The Morgan fingerprint density at radius 3 is 2.59 bits per heavy atom. The number of aliphatic hydroxyl groups excluding tert-OH is 1. The molecule has 1 aliphatic carbocycles. The van der Waals surface area contributed by atoms with Gasteiger partial charge < -0.3 is 9.84 Å². The van der Waals surface area contributed by atoms with E-state index in [2.05, 4.69) is 13.8 Å². The van der Waals surface area contributed by atoms with Crippen molar-refractivity contribution in [3.05, 3.63) is 42.0 Å². The summed E-state index contributed by atoms with van der Waals surface area (Å²) in [5.74, 6) is 0.466. The van der Waals surface area contributed by atoms with Crippen molar-refractivity contribution in [1.82, 2.24) is 0 Å². The van der Waals surface area contributed by atoms with Gasteiger partial charge in [0.1, 0.15) is 6.10 Å². The molecule has 0 heterocycles. The number of allylic oxidation sites excluding steroid dienone is 1. The topological polar surface area (TPSA) is 46.5 Å². The second kappa shape index (κ2) is 7.59. The van der Waals surface area contributed by atoms with Crippen LogP contribution in [0.4, 0.5) is 0 Å². The molecule has 3 atom stereocenters. The lowest BCUT2D eigenvalue weighted by Crippen LogP contribution is -2.38. The van der Waals surface area contributed by atoms with Crippen LogP contribution in [-0.4, -0.2) is 23.3 Å². The van der Waals surface area contributed by atoms with Gasteiger partial charge in [0.05, 0.1) is 6.10 Å². The molecule has 3 nitrogen and oxygen atoms in total. The zero-order valence-corrected chi connectivity index (χ0v) is 13.7. The maximum Gasteiger partial charge on any atom is 0.331 e. The molecule has 1 aliphatic rings. The maximum atomic E-state index is 12.2. The monoisotopic (exact) mass is 302 g/mol. The highest BCUT2D eigenvalue weighted by molar-refractivity contribution is 5.91. The lowest BCUT2D eigenvalue weighted by atomic mass is 9.78. The first-order valence-electron chi connectivity index (χ1n) is 8.09. The summed E-state index contributed by atoms with van der Waals surface area (Å²) in [7, 11) is 0. The quantitative estimate of drug-likeness (QED) is 0.679. The molecule has 22 heavy (non-hydrogen) atoms. The molecule has 0 amide bonds. The predicted molar refractivity (Wildman–Crippen MR) is 88.2 cm³/mol. The van der Waals surface area contributed by atoms with Gasteiger partial charge in [-0.3, -0.25) is 0 Å². The minimum atomic E-state index is -0.355. The summed E-state index contributed by atoms with van der Waals surface area (Å²) >= 11 is 0. The second-order valence-electron chi connectivity index (χ2n) is 6.54. The summed E-state index contributed by atoms with van der Waals surface area (Å²) in [6.45, 7) is 6.20. The number of hydrogen-bond acceptors (Lipinski definition) is 3. The van der Waals surface area contributed by atoms with E-state index < -0.39 is 0 Å². The van der Waals surface area contributed by atoms with Crippen molar-refractivity contribution in [3.8, 4) is 0 Å². The van der Waals surface area contributed by atoms with Crippen molar-refractivity contribution in [1.29, 1.82) is 0 Å². The van der Waals surface area contributed by atoms with Crippen LogP contribution in [0, 0.1) is 11.8 Å². The van der Waals surface area contributed by atoms with Crippen LogP contribution in [0.25, 0.3) is 5.57 Å². The van der Waals surface area contributed by atoms with Crippen LogP contribution in [0.3, 0.4) is 0 Å². The number of aliphatic hydroxyl groups is 1. The number of carbonyl (C=O) groups excluding carboxylic acids is 1. The van der Waals surface area contributed by atoms with Gasteiger partial charge in [-0.15, -0.1) is 0 Å². The number of ether oxygens (including phenoxy) is 1. The molecule has 120 valence electrons. The van der Waals surface area contributed by atoms with Crippen molar-refractivity contribution in [2.45, 2.75) is 52.2 Å². The fourth-order valence-corrected chi connectivity index (χ4v) is 3.17. The summed E-state index contributed by atoms with van der Waals surface area (Å²) in [6, 6.07) is 9.79. The van der Waals surface area contributed by atoms with E-state index in [1.54, 1.807) is 6.08 Å². The lowest BCUT2D eigenvalue weighted by molar-refractivity contribution is -0.151. The summed E-state index contributed by atoms with van der Waals surface area (Å²) < 4.78 is 5.65. The standard InChI is InChI=1S/C19H26O3/c1-13(2)17-10-9-16(20)12-18(17)22-19(21)11-14(3)15-7-5-4-6-8-15/h4-8,11,13,16-18,20H,9-10,12H2,1-3H3/b14-11+/t16-,17+,18-/m1/s1. The molecule has 1 aromatic carbocycles. The minimum Gasteiger partial charge on any atom is -0.459 e. The van der Waals surface area contributed by atoms with Crippen LogP contribution in [0.1, 0.15) is 45.6 Å². The van der Waals surface area contributed by atoms with Crippen molar-refractivity contribution < 1.29 is 14.6 Å². The van der Waals surface area contributed by atoms with Crippen molar-refractivity contribution in [3.63, 3.8) is 0 Å². The van der Waals surface area contributed by atoms with E-state index in [-0.39, 0.29) is 18.2 Å². The van der Waals surface area contributed by atoms with Gasteiger partial charge in [0.15, 0.2) is 0 Å². The van der Waals surface area contributed by atoms with E-state index in [9.17, 15) is 9.90 Å². The van der Waals surface area contributed by atoms with Gasteiger partial charge in [-0.25, -0.2) is 4.79 Å². The molecule has 0 radical (unpaired) electrons. The van der Waals surface area contributed by atoms with E-state index in [4.69, 9.17) is 4.74 Å². The number of benzene rings is 1. The van der Waals surface area contributed by atoms with Crippen molar-refractivity contribution >= 4 is 11.5 Å². The summed E-state index contributed by atoms with van der Waals surface area (Å²) in [5.41, 5.74) is 1.91. The highest BCUT2D eigenvalue weighted by Gasteiger charge is 2.33. The highest BCUT2D eigenvalue weighted by atomic mass is 16.5. The van der Waals surface area contributed by atoms with Crippen LogP contribution in [0.15, 0.2) is 36.4 Å². The van der Waals surface area contributed by atoms with Crippen LogP contribution in [0.5, 0.6) is 0 Å². The van der Waals surface area contributed by atoms with Crippen molar-refractivity contribution in [2.24, 2.45) is 11.8 Å². The van der Waals surface area contributed by atoms with Crippen LogP contribution >= 0.6 is 0 Å².